The first kappa shape index (κ1) is 16.8. The second-order valence-electron chi connectivity index (χ2n) is 6.25. The first-order chi connectivity index (χ1) is 13.2. The van der Waals surface area contributed by atoms with Crippen LogP contribution in [-0.4, -0.2) is 15.9 Å². The van der Waals surface area contributed by atoms with E-state index in [2.05, 4.69) is 4.99 Å². The predicted molar refractivity (Wildman–Crippen MR) is 109 cm³/mol. The molecule has 0 atom stereocenters. The molecule has 1 aromatic heterocycles. The van der Waals surface area contributed by atoms with Crippen LogP contribution in [0.15, 0.2) is 94.7 Å². The number of nitrogens with zero attached hydrogens (tertiary/aromatic N) is 2. The van der Waals surface area contributed by atoms with Gasteiger partial charge in [0.1, 0.15) is 0 Å². The van der Waals surface area contributed by atoms with Crippen LogP contribution in [-0.2, 0) is 6.54 Å². The Labute approximate surface area is 156 Å². The molecule has 3 aromatic carbocycles. The molecule has 4 nitrogen and oxygen atoms in total. The van der Waals surface area contributed by atoms with Crippen molar-refractivity contribution in [1.29, 1.82) is 0 Å². The first-order valence-electron chi connectivity index (χ1n) is 8.71. The van der Waals surface area contributed by atoms with Gasteiger partial charge in [0.2, 0.25) is 5.88 Å². The summed E-state index contributed by atoms with van der Waals surface area (Å²) >= 11 is 0. The van der Waals surface area contributed by atoms with Crippen molar-refractivity contribution in [3.8, 4) is 5.88 Å². The van der Waals surface area contributed by atoms with Crippen LogP contribution >= 0.6 is 0 Å². The summed E-state index contributed by atoms with van der Waals surface area (Å²) in [6, 6.07) is 26.4. The molecule has 0 saturated heterocycles. The van der Waals surface area contributed by atoms with E-state index >= 15 is 0 Å². The fraction of sp³-hybridized carbons (Fsp3) is 0.0435. The third kappa shape index (κ3) is 3.37. The molecular weight excluding hydrogens is 336 g/mol. The highest BCUT2D eigenvalue weighted by Gasteiger charge is 2.15. The van der Waals surface area contributed by atoms with Gasteiger partial charge in [-0.3, -0.25) is 14.4 Å². The van der Waals surface area contributed by atoms with E-state index in [4.69, 9.17) is 0 Å². The molecule has 4 rings (SSSR count). The molecule has 0 spiro atoms. The molecule has 0 unspecified atom stereocenters. The number of pyridine rings is 1. The average molecular weight is 354 g/mol. The summed E-state index contributed by atoms with van der Waals surface area (Å²) in [4.78, 5) is 17.4. The number of rotatable bonds is 4. The standard InChI is InChI=1S/C23H18N2O2/c26-22-20-14-8-7-13-19(20)21(15-24-18-11-5-2-6-12-18)23(27)25(22)16-17-9-3-1-4-10-17/h1-15,27H,16H2. The van der Waals surface area contributed by atoms with E-state index in [1.165, 1.54) is 4.57 Å². The number of para-hydroxylation sites is 1. The molecule has 27 heavy (non-hydrogen) atoms. The van der Waals surface area contributed by atoms with Crippen LogP contribution in [0.4, 0.5) is 5.69 Å². The Morgan fingerprint density at radius 2 is 1.41 bits per heavy atom. The van der Waals surface area contributed by atoms with Crippen LogP contribution in [0.5, 0.6) is 5.88 Å². The van der Waals surface area contributed by atoms with Gasteiger partial charge in [-0.2, -0.15) is 0 Å². The Morgan fingerprint density at radius 3 is 2.11 bits per heavy atom. The SMILES string of the molecule is O=c1c2ccccc2c(C=Nc2ccccc2)c(O)n1Cc1ccccc1. The van der Waals surface area contributed by atoms with Gasteiger partial charge in [0.15, 0.2) is 0 Å². The van der Waals surface area contributed by atoms with E-state index in [-0.39, 0.29) is 11.4 Å². The van der Waals surface area contributed by atoms with Crippen molar-refractivity contribution in [2.75, 3.05) is 0 Å². The monoisotopic (exact) mass is 354 g/mol. The van der Waals surface area contributed by atoms with E-state index in [0.717, 1.165) is 11.3 Å². The summed E-state index contributed by atoms with van der Waals surface area (Å²) < 4.78 is 1.39. The van der Waals surface area contributed by atoms with Gasteiger partial charge in [-0.15, -0.1) is 0 Å². The Morgan fingerprint density at radius 1 is 0.815 bits per heavy atom. The van der Waals surface area contributed by atoms with Crippen molar-refractivity contribution in [2.24, 2.45) is 4.99 Å². The fourth-order valence-corrected chi connectivity index (χ4v) is 3.11. The van der Waals surface area contributed by atoms with E-state index in [1.807, 2.05) is 78.9 Å². The zero-order valence-electron chi connectivity index (χ0n) is 14.6. The summed E-state index contributed by atoms with van der Waals surface area (Å²) in [6.07, 6.45) is 1.62. The predicted octanol–water partition coefficient (Wildman–Crippen LogP) is 4.51. The van der Waals surface area contributed by atoms with Gasteiger partial charge in [0, 0.05) is 17.0 Å². The van der Waals surface area contributed by atoms with Gasteiger partial charge in [0.25, 0.3) is 5.56 Å². The molecule has 0 aliphatic carbocycles. The van der Waals surface area contributed by atoms with Crippen LogP contribution in [0, 0.1) is 0 Å². The van der Waals surface area contributed by atoms with Crippen molar-refractivity contribution in [1.82, 2.24) is 4.57 Å². The minimum absolute atomic E-state index is 0.0813. The third-order valence-corrected chi connectivity index (χ3v) is 4.47. The second kappa shape index (κ2) is 7.30. The Hall–Kier alpha value is -3.66. The Kier molecular flexibility index (Phi) is 4.54. The molecule has 0 amide bonds. The fourth-order valence-electron chi connectivity index (χ4n) is 3.11. The van der Waals surface area contributed by atoms with Crippen LogP contribution in [0.3, 0.4) is 0 Å². The van der Waals surface area contributed by atoms with Crippen molar-refractivity contribution in [3.05, 3.63) is 106 Å². The summed E-state index contributed by atoms with van der Waals surface area (Å²) in [5.74, 6) is -0.0813. The van der Waals surface area contributed by atoms with Crippen molar-refractivity contribution >= 4 is 22.7 Å². The maximum Gasteiger partial charge on any atom is 0.261 e. The molecule has 4 heteroatoms. The summed E-state index contributed by atoms with van der Waals surface area (Å²) in [5.41, 5.74) is 2.03. The van der Waals surface area contributed by atoms with Crippen LogP contribution in [0.2, 0.25) is 0 Å². The second-order valence-corrected chi connectivity index (χ2v) is 6.25. The van der Waals surface area contributed by atoms with E-state index in [0.29, 0.717) is 22.9 Å². The van der Waals surface area contributed by atoms with Gasteiger partial charge < -0.3 is 5.11 Å². The van der Waals surface area contributed by atoms with Gasteiger partial charge >= 0.3 is 0 Å². The van der Waals surface area contributed by atoms with Crippen molar-refractivity contribution in [2.45, 2.75) is 6.54 Å². The average Bonchev–Trinajstić information content (AvgIpc) is 2.73. The number of hydrogen-bond acceptors (Lipinski definition) is 3. The third-order valence-electron chi connectivity index (χ3n) is 4.47. The zero-order valence-corrected chi connectivity index (χ0v) is 14.6. The summed E-state index contributed by atoms with van der Waals surface area (Å²) in [7, 11) is 0. The smallest absolute Gasteiger partial charge is 0.261 e. The molecular formula is C23H18N2O2. The maximum atomic E-state index is 12.9. The molecule has 0 aliphatic heterocycles. The molecule has 0 aliphatic rings. The Balaban J connectivity index is 1.89. The molecule has 0 fully saturated rings. The lowest BCUT2D eigenvalue weighted by atomic mass is 10.1. The molecule has 1 heterocycles. The molecule has 0 saturated carbocycles. The van der Waals surface area contributed by atoms with Crippen molar-refractivity contribution in [3.63, 3.8) is 0 Å². The zero-order chi connectivity index (χ0) is 18.6. The highest BCUT2D eigenvalue weighted by molar-refractivity contribution is 6.02. The van der Waals surface area contributed by atoms with E-state index in [9.17, 15) is 9.90 Å². The lowest BCUT2D eigenvalue weighted by Gasteiger charge is -2.13. The van der Waals surface area contributed by atoms with Crippen LogP contribution in [0.1, 0.15) is 11.1 Å². The number of aromatic nitrogens is 1. The molecule has 0 radical (unpaired) electrons. The molecule has 1 N–H and O–H groups in total. The normalized spacial score (nSPS) is 11.3. The maximum absolute atomic E-state index is 12.9. The number of benzene rings is 3. The topological polar surface area (TPSA) is 54.6 Å². The van der Waals surface area contributed by atoms with Crippen LogP contribution < -0.4 is 5.56 Å². The van der Waals surface area contributed by atoms with Gasteiger partial charge in [-0.1, -0.05) is 66.7 Å². The van der Waals surface area contributed by atoms with Crippen LogP contribution in [0.25, 0.3) is 10.8 Å². The molecule has 132 valence electrons. The summed E-state index contributed by atoms with van der Waals surface area (Å²) in [6.45, 7) is 0.294. The van der Waals surface area contributed by atoms with Gasteiger partial charge in [-0.25, -0.2) is 0 Å². The number of aromatic hydroxyl groups is 1. The quantitative estimate of drug-likeness (QED) is 0.548. The molecule has 0 bridgehead atoms. The highest BCUT2D eigenvalue weighted by atomic mass is 16.3. The lowest BCUT2D eigenvalue weighted by molar-refractivity contribution is 0.416. The first-order valence-corrected chi connectivity index (χ1v) is 8.71. The highest BCUT2D eigenvalue weighted by Crippen LogP contribution is 2.24. The van der Waals surface area contributed by atoms with Gasteiger partial charge in [-0.05, 0) is 23.8 Å². The minimum Gasteiger partial charge on any atom is -0.494 e. The number of hydrogen-bond donors (Lipinski definition) is 1. The van der Waals surface area contributed by atoms with Crippen molar-refractivity contribution < 1.29 is 5.11 Å². The minimum atomic E-state index is -0.219. The number of fused-ring (bicyclic) bond motifs is 1. The van der Waals surface area contributed by atoms with Gasteiger partial charge in [0.05, 0.1) is 17.8 Å². The molecule has 4 aromatic rings. The number of aliphatic imine (C=N–C) groups is 1. The van der Waals surface area contributed by atoms with E-state index in [1.54, 1.807) is 12.3 Å². The lowest BCUT2D eigenvalue weighted by Crippen LogP contribution is -2.22. The Bertz CT molecular complexity index is 1160. The largest absolute Gasteiger partial charge is 0.494 e. The summed E-state index contributed by atoms with van der Waals surface area (Å²) in [5, 5.41) is 12.1. The van der Waals surface area contributed by atoms with E-state index < -0.39 is 0 Å².